The van der Waals surface area contributed by atoms with E-state index in [0.29, 0.717) is 16.7 Å². The van der Waals surface area contributed by atoms with Gasteiger partial charge in [0, 0.05) is 34.8 Å². The molecule has 252 valence electrons. The highest BCUT2D eigenvalue weighted by molar-refractivity contribution is 6.03. The van der Waals surface area contributed by atoms with E-state index in [4.69, 9.17) is 28.7 Å². The summed E-state index contributed by atoms with van der Waals surface area (Å²) < 4.78 is 19.2. The van der Waals surface area contributed by atoms with E-state index in [2.05, 4.69) is 34.8 Å². The van der Waals surface area contributed by atoms with Crippen molar-refractivity contribution in [3.63, 3.8) is 0 Å². The van der Waals surface area contributed by atoms with Gasteiger partial charge in [-0.2, -0.15) is 19.2 Å². The minimum absolute atomic E-state index is 0.000965. The maximum atomic E-state index is 12.2. The average molecular weight is 653 g/mol. The molecule has 0 spiro atoms. The van der Waals surface area contributed by atoms with E-state index in [1.807, 2.05) is 32.1 Å². The predicted octanol–water partition coefficient (Wildman–Crippen LogP) is 3.83. The fraction of sp³-hybridized carbons (Fsp3) is 0.429. The molecule has 0 aromatic carbocycles. The molecule has 2 unspecified atom stereocenters. The van der Waals surface area contributed by atoms with Gasteiger partial charge in [-0.15, -0.1) is 13.2 Å². The van der Waals surface area contributed by atoms with Crippen molar-refractivity contribution in [1.29, 1.82) is 0 Å². The molecule has 47 heavy (non-hydrogen) atoms. The molecule has 0 N–H and O–H groups in total. The highest BCUT2D eigenvalue weighted by atomic mass is 16.5. The van der Waals surface area contributed by atoms with Crippen LogP contribution in [0.4, 0.5) is 0 Å². The summed E-state index contributed by atoms with van der Waals surface area (Å²) in [5.74, 6) is -1.05. The van der Waals surface area contributed by atoms with E-state index in [0.717, 1.165) is 36.0 Å². The minimum atomic E-state index is -0.424. The van der Waals surface area contributed by atoms with Gasteiger partial charge in [0.2, 0.25) is 0 Å². The van der Waals surface area contributed by atoms with Gasteiger partial charge in [-0.25, -0.2) is 19.2 Å². The molecular formula is C35H40O12. The molecule has 0 aromatic rings. The molecule has 0 saturated heterocycles. The number of hydrogen-bond donors (Lipinski definition) is 0. The van der Waals surface area contributed by atoms with Crippen LogP contribution >= 0.6 is 0 Å². The number of carbonyl (C=O) groups is 4. The lowest BCUT2D eigenvalue weighted by Crippen LogP contribution is -2.17. The fourth-order valence-corrected chi connectivity index (χ4v) is 6.39. The van der Waals surface area contributed by atoms with E-state index >= 15 is 0 Å². The second-order valence-electron chi connectivity index (χ2n) is 10.7. The van der Waals surface area contributed by atoms with Gasteiger partial charge in [-0.3, -0.25) is 0 Å². The minimum Gasteiger partial charge on any atom is -0.466 e. The van der Waals surface area contributed by atoms with Crippen molar-refractivity contribution >= 4 is 36.2 Å². The first-order valence-corrected chi connectivity index (χ1v) is 14.5. The first kappa shape index (κ1) is 39.8. The van der Waals surface area contributed by atoms with Crippen LogP contribution in [0.2, 0.25) is 0 Å². The number of fused-ring (bicyclic) bond motifs is 2. The maximum absolute atomic E-state index is 12.2. The van der Waals surface area contributed by atoms with Crippen molar-refractivity contribution in [2.24, 2.45) is 35.5 Å². The molecule has 12 heteroatoms. The van der Waals surface area contributed by atoms with Crippen LogP contribution in [-0.4, -0.2) is 64.6 Å². The molecule has 12 nitrogen and oxygen atoms in total. The van der Waals surface area contributed by atoms with Crippen molar-refractivity contribution in [3.8, 4) is 0 Å². The topological polar surface area (TPSA) is 173 Å². The monoisotopic (exact) mass is 652 g/mol. The second-order valence-corrected chi connectivity index (χ2v) is 10.7. The van der Waals surface area contributed by atoms with Gasteiger partial charge in [-0.05, 0) is 44.9 Å². The van der Waals surface area contributed by atoms with Gasteiger partial charge in [0.15, 0.2) is 0 Å². The number of ether oxygens (including phenoxy) is 4. The fourth-order valence-electron chi connectivity index (χ4n) is 6.39. The van der Waals surface area contributed by atoms with E-state index in [9.17, 15) is 19.2 Å². The summed E-state index contributed by atoms with van der Waals surface area (Å²) >= 11 is 0. The number of methoxy groups -OCH3 is 4. The number of rotatable bonds is 8. The maximum Gasteiger partial charge on any atom is 0.373 e. The van der Waals surface area contributed by atoms with Crippen LogP contribution in [0.25, 0.3) is 0 Å². The molecule has 0 saturated carbocycles. The summed E-state index contributed by atoms with van der Waals surface area (Å²) in [7, 11) is 5.45. The molecule has 0 radical (unpaired) electrons. The van der Waals surface area contributed by atoms with Gasteiger partial charge < -0.3 is 18.9 Å². The third kappa shape index (κ3) is 9.42. The Balaban J connectivity index is 0.000000441. The standard InChI is InChI=1S/C22H28O4.C11H12O4.2CO2/c1-7-15-11-18(20(13(15)3)22(24)26-6)10-9-17-12-16(8-2)19(14(17)4)21(23)25-5;1-14-10(12)8-6-3-4-7(5-6)9(8)11(13)15-2;2*2-1-3/h7-10,15-18H,1-2,11-12H2,3-6H3;3-4,6-7H,5H2,1-2H3;;/b10-9-;;;/t15-,16+,17-,18+;;;/m1.../s1. The zero-order chi connectivity index (χ0) is 35.8. The van der Waals surface area contributed by atoms with Crippen LogP contribution in [0.15, 0.2) is 83.1 Å². The van der Waals surface area contributed by atoms with E-state index in [-0.39, 0.29) is 59.7 Å². The Bertz CT molecular complexity index is 1410. The second kappa shape index (κ2) is 19.4. The third-order valence-corrected chi connectivity index (χ3v) is 8.60. The molecule has 4 aliphatic rings. The summed E-state index contributed by atoms with van der Waals surface area (Å²) in [5.41, 5.74) is 4.40. The van der Waals surface area contributed by atoms with E-state index in [1.165, 1.54) is 28.4 Å². The summed E-state index contributed by atoms with van der Waals surface area (Å²) in [6.45, 7) is 11.7. The molecule has 4 rings (SSSR count). The lowest BCUT2D eigenvalue weighted by molar-refractivity contribution is -0.193. The lowest BCUT2D eigenvalue weighted by Gasteiger charge is -2.12. The zero-order valence-electron chi connectivity index (χ0n) is 27.4. The Morgan fingerprint density at radius 1 is 0.574 bits per heavy atom. The Kier molecular flexibility index (Phi) is 16.4. The molecule has 0 aliphatic heterocycles. The highest BCUT2D eigenvalue weighted by Crippen LogP contribution is 2.45. The summed E-state index contributed by atoms with van der Waals surface area (Å²) in [4.78, 5) is 79.8. The Hall–Kier alpha value is -5.18. The zero-order valence-corrected chi connectivity index (χ0v) is 27.4. The van der Waals surface area contributed by atoms with Crippen LogP contribution in [0, 0.1) is 35.5 Å². The van der Waals surface area contributed by atoms with Gasteiger partial charge in [0.05, 0.1) is 39.6 Å². The Morgan fingerprint density at radius 3 is 1.28 bits per heavy atom. The van der Waals surface area contributed by atoms with Gasteiger partial charge >= 0.3 is 36.2 Å². The van der Waals surface area contributed by atoms with Crippen molar-refractivity contribution in [1.82, 2.24) is 0 Å². The van der Waals surface area contributed by atoms with Crippen LogP contribution in [-0.2, 0) is 57.3 Å². The van der Waals surface area contributed by atoms with Crippen LogP contribution < -0.4 is 0 Å². The molecular weight excluding hydrogens is 612 g/mol. The predicted molar refractivity (Wildman–Crippen MR) is 164 cm³/mol. The molecule has 0 aromatic heterocycles. The smallest absolute Gasteiger partial charge is 0.373 e. The quantitative estimate of drug-likeness (QED) is 0.211. The van der Waals surface area contributed by atoms with Crippen molar-refractivity contribution in [2.75, 3.05) is 28.4 Å². The van der Waals surface area contributed by atoms with E-state index in [1.54, 1.807) is 6.08 Å². The molecule has 0 heterocycles. The number of allylic oxidation sites excluding steroid dienone is 8. The van der Waals surface area contributed by atoms with Crippen molar-refractivity contribution in [2.45, 2.75) is 33.1 Å². The number of hydrogen-bond acceptors (Lipinski definition) is 12. The Morgan fingerprint density at radius 2 is 0.894 bits per heavy atom. The van der Waals surface area contributed by atoms with Crippen LogP contribution in [0.3, 0.4) is 0 Å². The lowest BCUT2D eigenvalue weighted by atomic mass is 9.94. The number of carbonyl (C=O) groups excluding carboxylic acids is 8. The van der Waals surface area contributed by atoms with Gasteiger partial charge in [0.25, 0.3) is 0 Å². The van der Waals surface area contributed by atoms with Crippen molar-refractivity contribution in [3.05, 3.63) is 83.1 Å². The highest BCUT2D eigenvalue weighted by Gasteiger charge is 2.42. The molecule has 6 atom stereocenters. The third-order valence-electron chi connectivity index (χ3n) is 8.60. The van der Waals surface area contributed by atoms with Crippen LogP contribution in [0.5, 0.6) is 0 Å². The van der Waals surface area contributed by atoms with Crippen LogP contribution in [0.1, 0.15) is 33.1 Å². The Labute approximate surface area is 273 Å². The molecule has 4 aliphatic carbocycles. The largest absolute Gasteiger partial charge is 0.466 e. The first-order chi connectivity index (χ1) is 22.4. The number of esters is 4. The SMILES string of the molecule is C=C[C@@H]1C[C@H](/C=C\[C@@H]2C[C@H](C=C)C(C(=O)OC)=C2C)C(C(=O)OC)=C1C.COC(=O)C1=C(C(=O)OC)C2C=CC1C2.O=C=O.O=C=O. The first-order valence-electron chi connectivity index (χ1n) is 14.5. The van der Waals surface area contributed by atoms with Gasteiger partial charge in [0.1, 0.15) is 0 Å². The molecule has 0 amide bonds. The normalized spacial score (nSPS) is 24.8. The van der Waals surface area contributed by atoms with E-state index < -0.39 is 11.9 Å². The van der Waals surface area contributed by atoms with Crippen molar-refractivity contribution < 1.29 is 57.3 Å². The van der Waals surface area contributed by atoms with Gasteiger partial charge in [-0.1, -0.05) is 47.6 Å². The summed E-state index contributed by atoms with van der Waals surface area (Å²) in [5, 5.41) is 0. The molecule has 0 fully saturated rings. The average Bonchev–Trinajstić information content (AvgIpc) is 3.84. The molecule has 2 bridgehead atoms. The summed E-state index contributed by atoms with van der Waals surface area (Å²) in [6, 6.07) is 0. The summed E-state index contributed by atoms with van der Waals surface area (Å²) in [6.07, 6.45) is 14.7.